The largest absolute Gasteiger partial charge is 0.492 e. The Morgan fingerprint density at radius 3 is 2.53 bits per heavy atom. The van der Waals surface area contributed by atoms with E-state index in [1.54, 1.807) is 12.1 Å². The fourth-order valence-electron chi connectivity index (χ4n) is 2.32. The van der Waals surface area contributed by atoms with E-state index in [1.165, 1.54) is 12.1 Å². The van der Waals surface area contributed by atoms with E-state index in [9.17, 15) is 9.18 Å². The predicted octanol–water partition coefficient (Wildman–Crippen LogP) is 2.14. The molecule has 2 rings (SSSR count). The lowest BCUT2D eigenvalue weighted by atomic mass is 10.2. The highest BCUT2D eigenvalue weighted by Gasteiger charge is 2.24. The molecule has 0 amide bonds. The van der Waals surface area contributed by atoms with E-state index in [2.05, 4.69) is 4.90 Å². The first kappa shape index (κ1) is 13.8. The van der Waals surface area contributed by atoms with Crippen LogP contribution < -0.4 is 4.74 Å². The molecule has 1 unspecified atom stereocenters. The monoisotopic (exact) mass is 267 g/mol. The summed E-state index contributed by atoms with van der Waals surface area (Å²) in [5.74, 6) is -0.565. The summed E-state index contributed by atoms with van der Waals surface area (Å²) in [6.07, 6.45) is 2.28. The van der Waals surface area contributed by atoms with E-state index in [0.29, 0.717) is 12.4 Å². The van der Waals surface area contributed by atoms with Crippen LogP contribution in [0.5, 0.6) is 5.75 Å². The molecule has 1 heterocycles. The summed E-state index contributed by atoms with van der Waals surface area (Å²) < 4.78 is 18.3. The van der Waals surface area contributed by atoms with Crippen molar-refractivity contribution in [2.75, 3.05) is 19.7 Å². The number of carboxylic acids is 1. The maximum Gasteiger partial charge on any atom is 0.305 e. The second-order valence-electron chi connectivity index (χ2n) is 4.76. The number of rotatable bonds is 6. The lowest BCUT2D eigenvalue weighted by Crippen LogP contribution is -2.39. The third-order valence-electron chi connectivity index (χ3n) is 3.32. The van der Waals surface area contributed by atoms with Gasteiger partial charge in [0.2, 0.25) is 0 Å². The van der Waals surface area contributed by atoms with Crippen molar-refractivity contribution in [3.05, 3.63) is 30.1 Å². The molecule has 0 radical (unpaired) electrons. The number of carboxylic acid groups (broad SMARTS) is 1. The van der Waals surface area contributed by atoms with Crippen molar-refractivity contribution >= 4 is 5.97 Å². The second kappa shape index (κ2) is 6.52. The van der Waals surface area contributed by atoms with E-state index in [1.807, 2.05) is 0 Å². The summed E-state index contributed by atoms with van der Waals surface area (Å²) in [4.78, 5) is 13.0. The van der Waals surface area contributed by atoms with Gasteiger partial charge in [0.25, 0.3) is 0 Å². The smallest absolute Gasteiger partial charge is 0.305 e. The summed E-state index contributed by atoms with van der Waals surface area (Å²) in [5.41, 5.74) is 0. The topological polar surface area (TPSA) is 49.8 Å². The number of hydrogen-bond donors (Lipinski definition) is 1. The molecule has 1 aliphatic heterocycles. The maximum atomic E-state index is 12.8. The van der Waals surface area contributed by atoms with Crippen molar-refractivity contribution in [2.24, 2.45) is 0 Å². The number of aliphatic carboxylic acids is 1. The lowest BCUT2D eigenvalue weighted by molar-refractivity contribution is -0.138. The van der Waals surface area contributed by atoms with Crippen LogP contribution in [0.3, 0.4) is 0 Å². The molecule has 0 saturated carbocycles. The summed E-state index contributed by atoms with van der Waals surface area (Å²) in [6, 6.07) is 5.65. The van der Waals surface area contributed by atoms with Crippen molar-refractivity contribution in [3.8, 4) is 5.75 Å². The number of ether oxygens (including phenoxy) is 1. The van der Waals surface area contributed by atoms with Crippen LogP contribution >= 0.6 is 0 Å². The van der Waals surface area contributed by atoms with Crippen LogP contribution in [0.2, 0.25) is 0 Å². The second-order valence-corrected chi connectivity index (χ2v) is 4.76. The zero-order valence-electron chi connectivity index (χ0n) is 10.7. The molecule has 19 heavy (non-hydrogen) atoms. The molecule has 1 aromatic carbocycles. The summed E-state index contributed by atoms with van der Waals surface area (Å²) in [5, 5.41) is 8.95. The van der Waals surface area contributed by atoms with Gasteiger partial charge in [0.05, 0.1) is 12.5 Å². The van der Waals surface area contributed by atoms with Crippen LogP contribution in [-0.4, -0.2) is 41.7 Å². The quantitative estimate of drug-likeness (QED) is 0.858. The van der Waals surface area contributed by atoms with Crippen LogP contribution in [0.1, 0.15) is 19.3 Å². The Bertz CT molecular complexity index is 415. The van der Waals surface area contributed by atoms with Crippen LogP contribution in [-0.2, 0) is 4.79 Å². The molecule has 1 fully saturated rings. The summed E-state index contributed by atoms with van der Waals surface area (Å²) in [6.45, 7) is 2.16. The molecule has 4 nitrogen and oxygen atoms in total. The Morgan fingerprint density at radius 1 is 1.32 bits per heavy atom. The van der Waals surface area contributed by atoms with E-state index in [0.717, 1.165) is 25.9 Å². The van der Waals surface area contributed by atoms with Crippen LogP contribution in [0, 0.1) is 5.82 Å². The van der Waals surface area contributed by atoms with Gasteiger partial charge in [-0.05, 0) is 50.2 Å². The SMILES string of the molecule is O=C(O)CC(COc1ccc(F)cc1)N1CCCC1. The molecular formula is C14H18FNO3. The average Bonchev–Trinajstić information content (AvgIpc) is 2.90. The van der Waals surface area contributed by atoms with Gasteiger partial charge in [-0.15, -0.1) is 0 Å². The minimum atomic E-state index is -0.820. The Hall–Kier alpha value is -1.62. The number of likely N-dealkylation sites (tertiary alicyclic amines) is 1. The van der Waals surface area contributed by atoms with Crippen molar-refractivity contribution in [1.82, 2.24) is 4.90 Å². The Kier molecular flexibility index (Phi) is 4.74. The molecule has 1 N–H and O–H groups in total. The standard InChI is InChI=1S/C14H18FNO3/c15-11-3-5-13(6-4-11)19-10-12(9-14(17)18)16-7-1-2-8-16/h3-6,12H,1-2,7-10H2,(H,17,18). The van der Waals surface area contributed by atoms with Gasteiger partial charge >= 0.3 is 5.97 Å². The minimum absolute atomic E-state index is 0.0706. The molecule has 1 saturated heterocycles. The van der Waals surface area contributed by atoms with Gasteiger partial charge in [-0.3, -0.25) is 9.69 Å². The molecule has 0 aliphatic carbocycles. The van der Waals surface area contributed by atoms with Gasteiger partial charge < -0.3 is 9.84 Å². The first-order valence-electron chi connectivity index (χ1n) is 6.49. The van der Waals surface area contributed by atoms with Gasteiger partial charge in [-0.1, -0.05) is 0 Å². The Morgan fingerprint density at radius 2 is 1.95 bits per heavy atom. The Labute approximate surface area is 111 Å². The van der Waals surface area contributed by atoms with E-state index in [4.69, 9.17) is 9.84 Å². The average molecular weight is 267 g/mol. The van der Waals surface area contributed by atoms with Gasteiger partial charge in [-0.2, -0.15) is 0 Å². The normalized spacial score (nSPS) is 17.3. The molecule has 0 spiro atoms. The highest BCUT2D eigenvalue weighted by atomic mass is 19.1. The van der Waals surface area contributed by atoms with E-state index in [-0.39, 0.29) is 18.3 Å². The van der Waals surface area contributed by atoms with Crippen LogP contribution in [0.15, 0.2) is 24.3 Å². The molecule has 104 valence electrons. The third-order valence-corrected chi connectivity index (χ3v) is 3.32. The lowest BCUT2D eigenvalue weighted by Gasteiger charge is -2.26. The van der Waals surface area contributed by atoms with Crippen LogP contribution in [0.4, 0.5) is 4.39 Å². The van der Waals surface area contributed by atoms with Gasteiger partial charge in [-0.25, -0.2) is 4.39 Å². The summed E-state index contributed by atoms with van der Waals surface area (Å²) >= 11 is 0. The molecule has 0 aromatic heterocycles. The maximum absolute atomic E-state index is 12.8. The van der Waals surface area contributed by atoms with E-state index < -0.39 is 5.97 Å². The summed E-state index contributed by atoms with van der Waals surface area (Å²) in [7, 11) is 0. The molecule has 1 aliphatic rings. The van der Waals surface area contributed by atoms with E-state index >= 15 is 0 Å². The number of nitrogens with zero attached hydrogens (tertiary/aromatic N) is 1. The number of hydrogen-bond acceptors (Lipinski definition) is 3. The zero-order valence-corrected chi connectivity index (χ0v) is 10.7. The number of benzene rings is 1. The highest BCUT2D eigenvalue weighted by molar-refractivity contribution is 5.67. The number of carbonyl (C=O) groups is 1. The molecular weight excluding hydrogens is 249 g/mol. The van der Waals surface area contributed by atoms with Crippen molar-refractivity contribution in [3.63, 3.8) is 0 Å². The zero-order chi connectivity index (χ0) is 13.7. The minimum Gasteiger partial charge on any atom is -0.492 e. The highest BCUT2D eigenvalue weighted by Crippen LogP contribution is 2.17. The van der Waals surface area contributed by atoms with Crippen molar-refractivity contribution in [1.29, 1.82) is 0 Å². The fraction of sp³-hybridized carbons (Fsp3) is 0.500. The first-order valence-corrected chi connectivity index (χ1v) is 6.49. The third kappa shape index (κ3) is 4.21. The van der Waals surface area contributed by atoms with Gasteiger partial charge in [0, 0.05) is 0 Å². The predicted molar refractivity (Wildman–Crippen MR) is 68.7 cm³/mol. The molecule has 1 atom stereocenters. The Balaban J connectivity index is 1.91. The first-order chi connectivity index (χ1) is 9.15. The van der Waals surface area contributed by atoms with Crippen LogP contribution in [0.25, 0.3) is 0 Å². The fourth-order valence-corrected chi connectivity index (χ4v) is 2.32. The van der Waals surface area contributed by atoms with Crippen molar-refractivity contribution in [2.45, 2.75) is 25.3 Å². The van der Waals surface area contributed by atoms with Gasteiger partial charge in [0.1, 0.15) is 18.2 Å². The molecule has 1 aromatic rings. The van der Waals surface area contributed by atoms with Gasteiger partial charge in [0.15, 0.2) is 0 Å². The molecule has 0 bridgehead atoms. The molecule has 5 heteroatoms. The number of halogens is 1. The van der Waals surface area contributed by atoms with Crippen molar-refractivity contribution < 1.29 is 19.0 Å².